The van der Waals surface area contributed by atoms with Gasteiger partial charge in [-0.15, -0.1) is 0 Å². The van der Waals surface area contributed by atoms with E-state index < -0.39 is 0 Å². The van der Waals surface area contributed by atoms with Crippen molar-refractivity contribution in [1.82, 2.24) is 0 Å². The Morgan fingerprint density at radius 1 is 0.117 bits per heavy atom. The van der Waals surface area contributed by atoms with E-state index in [0.717, 1.165) is 17.1 Å². The first-order chi connectivity index (χ1) is 70.4. The molecule has 0 saturated carbocycles. The van der Waals surface area contributed by atoms with Gasteiger partial charge in [0.05, 0.1) is 0 Å². The predicted octanol–water partition coefficient (Wildman–Crippen LogP) is 38.9. The van der Waals surface area contributed by atoms with Crippen LogP contribution < -0.4 is 14.7 Å². The Morgan fingerprint density at radius 3 is 0.745 bits per heavy atom. The number of fused-ring (bicyclic) bond motifs is 23. The third-order valence-corrected chi connectivity index (χ3v) is 33.5. The summed E-state index contributed by atoms with van der Waals surface area (Å²) >= 11 is 0. The fraction of sp³-hybridized carbons (Fsp3) is 0.127. The lowest BCUT2D eigenvalue weighted by Gasteiger charge is -2.29. The van der Waals surface area contributed by atoms with Gasteiger partial charge in [-0.05, 0) is 350 Å². The monoisotopic (exact) mass is 1860 g/mol. The molecule has 3 nitrogen and oxygen atoms in total. The van der Waals surface area contributed by atoms with Gasteiger partial charge >= 0.3 is 0 Å². The Kier molecular flexibility index (Phi) is 20.4. The maximum Gasteiger partial charge on any atom is 0.0465 e. The molecule has 22 aromatic rings. The third kappa shape index (κ3) is 14.1. The van der Waals surface area contributed by atoms with Gasteiger partial charge < -0.3 is 14.7 Å². The quantitative estimate of drug-likeness (QED) is 0.113. The Labute approximate surface area is 852 Å². The topological polar surface area (TPSA) is 9.72 Å². The van der Waals surface area contributed by atoms with Crippen LogP contribution in [0.2, 0.25) is 0 Å². The molecule has 3 heteroatoms. The molecule has 0 spiro atoms. The highest BCUT2D eigenvalue weighted by Crippen LogP contribution is 2.60. The van der Waals surface area contributed by atoms with Gasteiger partial charge in [0, 0.05) is 83.7 Å². The number of hydrogen-bond acceptors (Lipinski definition) is 3. The predicted molar refractivity (Wildman–Crippen MR) is 615 cm³/mol. The normalized spacial score (nSPS) is 14.7. The molecule has 696 valence electrons. The first-order valence-electron chi connectivity index (χ1n) is 51.5. The van der Waals surface area contributed by atoms with Gasteiger partial charge in [-0.3, -0.25) is 0 Å². The van der Waals surface area contributed by atoms with Crippen molar-refractivity contribution in [2.24, 2.45) is 0 Å². The summed E-state index contributed by atoms with van der Waals surface area (Å²) in [6.45, 7) is 28.5. The molecule has 22 aromatic carbocycles. The van der Waals surface area contributed by atoms with E-state index in [-0.39, 0.29) is 32.5 Å². The van der Waals surface area contributed by atoms with Crippen molar-refractivity contribution in [1.29, 1.82) is 0 Å². The Hall–Kier alpha value is -16.7. The minimum absolute atomic E-state index is 0.0609. The van der Waals surface area contributed by atoms with E-state index in [1.807, 2.05) is 0 Å². The zero-order valence-electron chi connectivity index (χ0n) is 84.3. The summed E-state index contributed by atoms with van der Waals surface area (Å²) in [6, 6.07) is 174. The molecule has 0 heterocycles. The smallest absolute Gasteiger partial charge is 0.0465 e. The number of rotatable bonds is 12. The van der Waals surface area contributed by atoms with Crippen LogP contribution in [0, 0.1) is 0 Å². The van der Waals surface area contributed by atoms with Crippen LogP contribution in [-0.2, 0) is 32.5 Å². The van der Waals surface area contributed by atoms with Crippen LogP contribution in [0.3, 0.4) is 0 Å². The minimum Gasteiger partial charge on any atom is -0.310 e. The zero-order valence-corrected chi connectivity index (χ0v) is 84.3. The lowest BCUT2D eigenvalue weighted by atomic mass is 9.81. The fourth-order valence-electron chi connectivity index (χ4n) is 25.8. The van der Waals surface area contributed by atoms with Gasteiger partial charge in [-0.1, -0.05) is 411 Å². The first kappa shape index (κ1) is 88.5. The van der Waals surface area contributed by atoms with E-state index in [4.69, 9.17) is 0 Å². The van der Waals surface area contributed by atoms with Gasteiger partial charge in [-0.25, -0.2) is 0 Å². The molecule has 0 aliphatic heterocycles. The summed E-state index contributed by atoms with van der Waals surface area (Å²) in [7, 11) is 0. The van der Waals surface area contributed by atoms with Crippen molar-refractivity contribution in [3.8, 4) is 100 Å². The summed E-state index contributed by atoms with van der Waals surface area (Å²) in [4.78, 5) is 7.30. The number of nitrogens with zero attached hydrogens (tertiary/aromatic N) is 3. The largest absolute Gasteiger partial charge is 0.310 e. The van der Waals surface area contributed by atoms with Crippen molar-refractivity contribution in [2.75, 3.05) is 14.7 Å². The Bertz CT molecular complexity index is 9060. The van der Waals surface area contributed by atoms with Gasteiger partial charge in [0.2, 0.25) is 0 Å². The molecule has 0 N–H and O–H groups in total. The SMILES string of the molecule is CC1(C)c2ccccc2-c2ccc(N(c3ccccc3)c3ccc4c(c3)C(C)(C)c3cc(-c5cc6ccccc6c6ccccc56)ccc3-4)cc21.CC1(C)c2ccccc2-c2ccc(N(c3ccccc3)c3ccc4c(c3)C(C)(C)c3cc(-c5ccc6ccccc6c5)ccc3-4)cc21.CC1(C)c2ccccc2-c2ccc(N(c3ccccc3)c3ccc4c(c3)C(C)(C)c3cc(-c5cccc6ccccc56)ccc3-4)cc21. The molecule has 0 atom stereocenters. The van der Waals surface area contributed by atoms with Gasteiger partial charge in [0.15, 0.2) is 0 Å². The van der Waals surface area contributed by atoms with Crippen LogP contribution in [0.4, 0.5) is 51.2 Å². The number of hydrogen-bond donors (Lipinski definition) is 0. The minimum atomic E-state index is -0.173. The highest BCUT2D eigenvalue weighted by Gasteiger charge is 2.44. The van der Waals surface area contributed by atoms with Crippen molar-refractivity contribution in [2.45, 2.75) is 116 Å². The van der Waals surface area contributed by atoms with Crippen molar-refractivity contribution < 1.29 is 0 Å². The van der Waals surface area contributed by atoms with Gasteiger partial charge in [0.25, 0.3) is 0 Å². The maximum absolute atomic E-state index is 2.46. The number of benzene rings is 22. The van der Waals surface area contributed by atoms with Crippen LogP contribution >= 0.6 is 0 Å². The van der Waals surface area contributed by atoms with Crippen LogP contribution in [0.25, 0.3) is 143 Å². The summed E-state index contributed by atoms with van der Waals surface area (Å²) in [6.07, 6.45) is 0. The molecule has 0 fully saturated rings. The summed E-state index contributed by atoms with van der Waals surface area (Å²) < 4.78 is 0. The first-order valence-corrected chi connectivity index (χ1v) is 51.5. The van der Waals surface area contributed by atoms with Crippen LogP contribution in [0.15, 0.2) is 467 Å². The summed E-state index contributed by atoms with van der Waals surface area (Å²) in [5, 5.41) is 10.3. The average molecular weight is 1860 g/mol. The lowest BCUT2D eigenvalue weighted by molar-refractivity contribution is 0.660. The van der Waals surface area contributed by atoms with Crippen molar-refractivity contribution in [3.05, 3.63) is 534 Å². The molecule has 145 heavy (non-hydrogen) atoms. The summed E-state index contributed by atoms with van der Waals surface area (Å²) in [5.74, 6) is 0. The van der Waals surface area contributed by atoms with E-state index >= 15 is 0 Å². The molecule has 6 aliphatic rings. The van der Waals surface area contributed by atoms with Gasteiger partial charge in [0.1, 0.15) is 0 Å². The molecule has 0 saturated heterocycles. The number of anilines is 9. The fourth-order valence-corrected chi connectivity index (χ4v) is 25.8. The number of para-hydroxylation sites is 3. The molecule has 0 unspecified atom stereocenters. The molecule has 0 bridgehead atoms. The molecule has 6 aliphatic carbocycles. The van der Waals surface area contributed by atoms with Crippen LogP contribution in [0.1, 0.15) is 150 Å². The third-order valence-electron chi connectivity index (χ3n) is 33.5. The molecule has 0 aromatic heterocycles. The molecular weight excluding hydrogens is 1750 g/mol. The molecule has 0 amide bonds. The second-order valence-electron chi connectivity index (χ2n) is 43.8. The lowest BCUT2D eigenvalue weighted by Crippen LogP contribution is -2.18. The van der Waals surface area contributed by atoms with E-state index in [0.29, 0.717) is 0 Å². The highest BCUT2D eigenvalue weighted by atomic mass is 15.2. The van der Waals surface area contributed by atoms with E-state index in [9.17, 15) is 0 Å². The zero-order chi connectivity index (χ0) is 98.3. The van der Waals surface area contributed by atoms with E-state index in [1.54, 1.807) is 0 Å². The second-order valence-corrected chi connectivity index (χ2v) is 43.8. The van der Waals surface area contributed by atoms with Crippen molar-refractivity contribution >= 4 is 94.3 Å². The Morgan fingerprint density at radius 2 is 0.359 bits per heavy atom. The highest BCUT2D eigenvalue weighted by molar-refractivity contribution is 6.14. The second kappa shape index (κ2) is 33.5. The van der Waals surface area contributed by atoms with Gasteiger partial charge in [-0.2, -0.15) is 0 Å². The average Bonchev–Trinajstić information content (AvgIpc) is 1.52. The Balaban J connectivity index is 0.000000111. The van der Waals surface area contributed by atoms with Crippen molar-refractivity contribution in [3.63, 3.8) is 0 Å². The van der Waals surface area contributed by atoms with E-state index in [2.05, 4.69) is 565 Å². The maximum atomic E-state index is 2.46. The summed E-state index contributed by atoms with van der Waals surface area (Å²) in [5.41, 5.74) is 50.2. The van der Waals surface area contributed by atoms with E-state index in [1.165, 1.54) is 244 Å². The molecule has 0 radical (unpaired) electrons. The molecular formula is C142H113N3. The standard InChI is InChI=1S/C50H39N.2C46H37N/c1-49(2)45-21-13-12-20-40(45)42-26-23-35(30-47(42)49)51(34-15-6-5-7-16-34)36-24-27-43-41-25-22-33(29-46(41)50(3,4)48(43)31-36)44-28-32-14-8-9-17-37(32)38-18-10-11-19-39(38)44;1-45(2)41-20-11-10-18-37(41)39-25-22-33(28-43(39)45)47(32-15-6-5-7-16-32)34-23-26-40-38-24-21-31(27-42(38)46(3,4)44(40)29-34)36-19-12-14-30-13-8-9-17-35(30)36;1-45(2)41-17-11-10-16-37(41)39-24-21-35(28-43(39)45)47(34-14-6-5-7-15-34)36-22-25-40-38-23-20-33(27-42(38)46(3,4)44(40)29-36)32-19-18-30-12-8-9-13-31(30)26-32/h5-31H,1-4H3;2*5-29H,1-4H3. The molecule has 28 rings (SSSR count). The van der Waals surface area contributed by atoms with Crippen LogP contribution in [-0.4, -0.2) is 0 Å². The van der Waals surface area contributed by atoms with Crippen LogP contribution in [0.5, 0.6) is 0 Å².